The van der Waals surface area contributed by atoms with Crippen LogP contribution in [-0.4, -0.2) is 25.2 Å². The maximum absolute atomic E-state index is 6.48. The third-order valence-corrected chi connectivity index (χ3v) is 5.73. The van der Waals surface area contributed by atoms with Crippen molar-refractivity contribution in [2.24, 2.45) is 0 Å². The monoisotopic (exact) mass is 520 g/mol. The Morgan fingerprint density at radius 2 is 1.85 bits per heavy atom. The summed E-state index contributed by atoms with van der Waals surface area (Å²) in [5, 5.41) is 1.97. The smallest absolute Gasteiger partial charge is 0.187 e. The highest BCUT2D eigenvalue weighted by Crippen LogP contribution is 2.36. The van der Waals surface area contributed by atoms with Gasteiger partial charge in [-0.15, -0.1) is 0 Å². The minimum Gasteiger partial charge on any atom is -0.492 e. The van der Waals surface area contributed by atoms with Gasteiger partial charge in [-0.2, -0.15) is 0 Å². The predicted molar refractivity (Wildman–Crippen MR) is 113 cm³/mol. The lowest BCUT2D eigenvalue weighted by Gasteiger charge is -2.17. The minimum atomic E-state index is -0.449. The Bertz CT molecular complexity index is 806. The summed E-state index contributed by atoms with van der Waals surface area (Å²) in [6, 6.07) is 9.50. The molecule has 3 nitrogen and oxygen atoms in total. The van der Waals surface area contributed by atoms with Crippen LogP contribution in [0.25, 0.3) is 12.2 Å². The van der Waals surface area contributed by atoms with E-state index in [1.165, 1.54) is 0 Å². The quantitative estimate of drug-likeness (QED) is 0.310. The van der Waals surface area contributed by atoms with Gasteiger partial charge in [0, 0.05) is 14.8 Å². The predicted octanol–water partition coefficient (Wildman–Crippen LogP) is 6.75. The second kappa shape index (κ2) is 9.58. The molecule has 0 atom stereocenters. The van der Waals surface area contributed by atoms with E-state index < -0.39 is 6.29 Å². The van der Waals surface area contributed by atoms with Gasteiger partial charge in [0.1, 0.15) is 5.75 Å². The van der Waals surface area contributed by atoms with Crippen LogP contribution in [0.3, 0.4) is 0 Å². The van der Waals surface area contributed by atoms with E-state index in [4.69, 9.17) is 37.4 Å². The molecule has 138 valence electrons. The first-order valence-corrected chi connectivity index (χ1v) is 10.6. The van der Waals surface area contributed by atoms with Crippen LogP contribution in [0, 0.1) is 0 Å². The Hall–Kier alpha value is -0.560. The van der Waals surface area contributed by atoms with Crippen molar-refractivity contribution in [3.05, 3.63) is 61.5 Å². The van der Waals surface area contributed by atoms with E-state index in [1.54, 1.807) is 0 Å². The van der Waals surface area contributed by atoms with E-state index in [2.05, 4.69) is 31.9 Å². The Balaban J connectivity index is 1.93. The standard InChI is InChI=1S/C19H16Br2Cl2O3/c20-6-7-24-17-10-13(5-4-12-2-1-3-15(21)18(12)23)16(22)11-14(17)19-25-8-9-26-19/h1-5,10-11,19H,6-9H2/b5-4+. The van der Waals surface area contributed by atoms with Crippen molar-refractivity contribution in [1.82, 2.24) is 0 Å². The molecule has 1 aliphatic rings. The van der Waals surface area contributed by atoms with Crippen molar-refractivity contribution < 1.29 is 14.2 Å². The second-order valence-corrected chi connectivity index (χ2v) is 7.93. The largest absolute Gasteiger partial charge is 0.492 e. The van der Waals surface area contributed by atoms with Crippen LogP contribution in [0.2, 0.25) is 10.0 Å². The number of hydrogen-bond acceptors (Lipinski definition) is 3. The van der Waals surface area contributed by atoms with E-state index >= 15 is 0 Å². The molecule has 0 spiro atoms. The average Bonchev–Trinajstić information content (AvgIpc) is 3.17. The third kappa shape index (κ3) is 4.83. The van der Waals surface area contributed by atoms with Crippen LogP contribution < -0.4 is 4.74 Å². The lowest BCUT2D eigenvalue weighted by molar-refractivity contribution is -0.0456. The molecule has 1 saturated heterocycles. The first-order chi connectivity index (χ1) is 12.6. The fourth-order valence-electron chi connectivity index (χ4n) is 2.54. The molecule has 0 N–H and O–H groups in total. The summed E-state index contributed by atoms with van der Waals surface area (Å²) in [5.74, 6) is 0.695. The molecule has 26 heavy (non-hydrogen) atoms. The number of hydrogen-bond donors (Lipinski definition) is 0. The van der Waals surface area contributed by atoms with Crippen LogP contribution in [0.5, 0.6) is 5.75 Å². The highest BCUT2D eigenvalue weighted by atomic mass is 79.9. The van der Waals surface area contributed by atoms with Gasteiger partial charge in [-0.1, -0.05) is 63.4 Å². The van der Waals surface area contributed by atoms with Gasteiger partial charge < -0.3 is 14.2 Å². The summed E-state index contributed by atoms with van der Waals surface area (Å²) in [5.41, 5.74) is 2.52. The van der Waals surface area contributed by atoms with E-state index in [0.717, 1.165) is 26.5 Å². The van der Waals surface area contributed by atoms with Crippen molar-refractivity contribution in [3.8, 4) is 5.75 Å². The molecular weight excluding hydrogens is 507 g/mol. The minimum absolute atomic E-state index is 0.449. The average molecular weight is 523 g/mol. The molecule has 0 aliphatic carbocycles. The number of alkyl halides is 1. The zero-order valence-electron chi connectivity index (χ0n) is 13.7. The molecule has 2 aromatic rings. The van der Waals surface area contributed by atoms with E-state index in [1.807, 2.05) is 42.5 Å². The second-order valence-electron chi connectivity index (χ2n) is 5.50. The highest BCUT2D eigenvalue weighted by molar-refractivity contribution is 9.10. The van der Waals surface area contributed by atoms with E-state index in [0.29, 0.717) is 35.6 Å². The summed E-state index contributed by atoms with van der Waals surface area (Å²) in [7, 11) is 0. The third-order valence-electron chi connectivity index (χ3n) is 3.76. The molecule has 7 heteroatoms. The number of rotatable bonds is 6. The van der Waals surface area contributed by atoms with Crippen molar-refractivity contribution in [3.63, 3.8) is 0 Å². The van der Waals surface area contributed by atoms with Gasteiger partial charge in [0.05, 0.1) is 30.4 Å². The summed E-state index contributed by atoms with van der Waals surface area (Å²) >= 11 is 19.6. The molecule has 0 radical (unpaired) electrons. The molecule has 0 aromatic heterocycles. The molecule has 0 amide bonds. The fourth-order valence-corrected chi connectivity index (χ4v) is 3.50. The number of halogens is 4. The van der Waals surface area contributed by atoms with Crippen molar-refractivity contribution in [2.75, 3.05) is 25.2 Å². The van der Waals surface area contributed by atoms with Gasteiger partial charge in [-0.25, -0.2) is 0 Å². The van der Waals surface area contributed by atoms with Gasteiger partial charge in [-0.3, -0.25) is 0 Å². The van der Waals surface area contributed by atoms with Crippen LogP contribution in [0.4, 0.5) is 0 Å². The Morgan fingerprint density at radius 1 is 1.12 bits per heavy atom. The van der Waals surface area contributed by atoms with Crippen LogP contribution in [-0.2, 0) is 9.47 Å². The summed E-state index contributed by atoms with van der Waals surface area (Å²) in [6.07, 6.45) is 3.39. The van der Waals surface area contributed by atoms with Gasteiger partial charge in [0.15, 0.2) is 6.29 Å². The normalized spacial score (nSPS) is 15.1. The van der Waals surface area contributed by atoms with Crippen LogP contribution in [0.15, 0.2) is 34.8 Å². The first-order valence-electron chi connectivity index (χ1n) is 7.97. The summed E-state index contributed by atoms with van der Waals surface area (Å²) < 4.78 is 17.9. The fraction of sp³-hybridized carbons (Fsp3) is 0.263. The maximum atomic E-state index is 6.48. The topological polar surface area (TPSA) is 27.7 Å². The summed E-state index contributed by atoms with van der Waals surface area (Å²) in [4.78, 5) is 0. The Labute approximate surface area is 179 Å². The Kier molecular flexibility index (Phi) is 7.44. The molecule has 0 bridgehead atoms. The lowest BCUT2D eigenvalue weighted by Crippen LogP contribution is -2.06. The number of ether oxygens (including phenoxy) is 3. The molecule has 3 rings (SSSR count). The molecule has 1 aliphatic heterocycles. The zero-order valence-corrected chi connectivity index (χ0v) is 18.4. The van der Waals surface area contributed by atoms with Gasteiger partial charge >= 0.3 is 0 Å². The lowest BCUT2D eigenvalue weighted by atomic mass is 10.1. The van der Waals surface area contributed by atoms with E-state index in [9.17, 15) is 0 Å². The molecular formula is C19H16Br2Cl2O3. The maximum Gasteiger partial charge on any atom is 0.187 e. The number of benzene rings is 2. The zero-order chi connectivity index (χ0) is 18.5. The summed E-state index contributed by atoms with van der Waals surface area (Å²) in [6.45, 7) is 1.65. The molecule has 1 fully saturated rings. The molecule has 2 aromatic carbocycles. The van der Waals surface area contributed by atoms with E-state index in [-0.39, 0.29) is 0 Å². The van der Waals surface area contributed by atoms with Crippen LogP contribution >= 0.6 is 55.1 Å². The van der Waals surface area contributed by atoms with Gasteiger partial charge in [0.2, 0.25) is 0 Å². The first kappa shape index (κ1) is 20.2. The van der Waals surface area contributed by atoms with Crippen LogP contribution in [0.1, 0.15) is 23.0 Å². The van der Waals surface area contributed by atoms with Crippen molar-refractivity contribution in [2.45, 2.75) is 6.29 Å². The molecule has 0 saturated carbocycles. The highest BCUT2D eigenvalue weighted by Gasteiger charge is 2.23. The Morgan fingerprint density at radius 3 is 2.58 bits per heavy atom. The van der Waals surface area contributed by atoms with Gasteiger partial charge in [0.25, 0.3) is 0 Å². The SMILES string of the molecule is Clc1cc(C2OCCO2)c(OCCBr)cc1/C=C/c1cccc(Br)c1Cl. The van der Waals surface area contributed by atoms with Gasteiger partial charge in [-0.05, 0) is 45.3 Å². The van der Waals surface area contributed by atoms with Crippen molar-refractivity contribution in [1.29, 1.82) is 0 Å². The van der Waals surface area contributed by atoms with Crippen molar-refractivity contribution >= 4 is 67.2 Å². The molecule has 0 unspecified atom stereocenters. The molecule has 1 heterocycles.